The van der Waals surface area contributed by atoms with Crippen LogP contribution in [-0.4, -0.2) is 25.5 Å². The summed E-state index contributed by atoms with van der Waals surface area (Å²) in [5.74, 6) is 0.936. The van der Waals surface area contributed by atoms with Crippen LogP contribution < -0.4 is 0 Å². The van der Waals surface area contributed by atoms with Gasteiger partial charge in [0.15, 0.2) is 0 Å². The maximum absolute atomic E-state index is 3.48. The highest BCUT2D eigenvalue weighted by molar-refractivity contribution is 4.60. The highest BCUT2D eigenvalue weighted by Gasteiger charge is 2.02. The molecule has 0 heterocycles. The third-order valence-electron chi connectivity index (χ3n) is 5.35. The molecule has 1 atom stereocenters. The lowest BCUT2D eigenvalue weighted by Gasteiger charge is -2.13. The van der Waals surface area contributed by atoms with Gasteiger partial charge in [0, 0.05) is 0 Å². The summed E-state index contributed by atoms with van der Waals surface area (Å²) >= 11 is 0. The van der Waals surface area contributed by atoms with Gasteiger partial charge in [-0.25, -0.2) is 0 Å². The maximum Gasteiger partial charge on any atom is -0.00247 e. The summed E-state index contributed by atoms with van der Waals surface area (Å²) in [4.78, 5) is 2.29. The minimum Gasteiger partial charge on any atom is -0.309 e. The van der Waals surface area contributed by atoms with E-state index < -0.39 is 0 Å². The van der Waals surface area contributed by atoms with Gasteiger partial charge >= 0.3 is 0 Å². The number of unbranched alkanes of at least 4 members (excludes halogenated alkanes) is 11. The molecule has 0 radical (unpaired) electrons. The van der Waals surface area contributed by atoms with Crippen molar-refractivity contribution in [2.75, 3.05) is 20.6 Å². The summed E-state index contributed by atoms with van der Waals surface area (Å²) in [7, 11) is 4.33. The monoisotopic (exact) mass is 411 g/mol. The Balaban J connectivity index is -0.000000435. The molecule has 0 aliphatic carbocycles. The number of allylic oxidation sites excluding steroid dienone is 1. The van der Waals surface area contributed by atoms with Gasteiger partial charge in [-0.05, 0) is 45.8 Å². The molecule has 0 aliphatic heterocycles. The molecule has 0 bridgehead atoms. The van der Waals surface area contributed by atoms with Crippen molar-refractivity contribution < 1.29 is 0 Å². The highest BCUT2D eigenvalue weighted by atomic mass is 15.0. The fourth-order valence-corrected chi connectivity index (χ4v) is 3.20. The minimum atomic E-state index is 0.936. The van der Waals surface area contributed by atoms with E-state index in [0.29, 0.717) is 0 Å². The number of hydrogen-bond donors (Lipinski definition) is 0. The zero-order valence-corrected chi connectivity index (χ0v) is 22.0. The summed E-state index contributed by atoms with van der Waals surface area (Å²) in [6.07, 6.45) is 25.8. The first kappa shape index (κ1) is 33.3. The standard InChI is InChI=1S/C15H33N.C9H20.C4H8/c1-5-6-7-8-9-10-12-15(2)13-11-14-16(3)4;1-3-5-7-9-8-6-4-2;1-3-4-2/h15H,5-14H2,1-4H3;3-9H2,1-2H3;3H,1,4H2,2H3. The van der Waals surface area contributed by atoms with Gasteiger partial charge in [-0.2, -0.15) is 0 Å². The third kappa shape index (κ3) is 42.7. The normalized spacial score (nSPS) is 11.3. The first-order chi connectivity index (χ1) is 14.0. The second kappa shape index (κ2) is 32.4. The van der Waals surface area contributed by atoms with Crippen LogP contribution in [0.5, 0.6) is 0 Å². The van der Waals surface area contributed by atoms with Gasteiger partial charge in [0.1, 0.15) is 0 Å². The maximum atomic E-state index is 3.48. The Morgan fingerprint density at radius 2 is 0.966 bits per heavy atom. The van der Waals surface area contributed by atoms with Crippen molar-refractivity contribution in [1.82, 2.24) is 4.90 Å². The van der Waals surface area contributed by atoms with Crippen molar-refractivity contribution in [3.63, 3.8) is 0 Å². The van der Waals surface area contributed by atoms with Gasteiger partial charge < -0.3 is 4.90 Å². The molecule has 178 valence electrons. The van der Waals surface area contributed by atoms with Crippen LogP contribution in [0.3, 0.4) is 0 Å². The fraction of sp³-hybridized carbons (Fsp3) is 0.929. The quantitative estimate of drug-likeness (QED) is 0.160. The molecule has 0 fully saturated rings. The van der Waals surface area contributed by atoms with Gasteiger partial charge in [-0.15, -0.1) is 6.58 Å². The predicted octanol–water partition coefficient (Wildman–Crippen LogP) is 10.1. The van der Waals surface area contributed by atoms with Crippen molar-refractivity contribution in [2.45, 2.75) is 144 Å². The van der Waals surface area contributed by atoms with Crippen LogP contribution in [0.1, 0.15) is 144 Å². The SMILES string of the molecule is C=CCC.CCCCCCCCC.CCCCCCCCC(C)CCCN(C)C. The number of rotatable bonds is 18. The van der Waals surface area contributed by atoms with Gasteiger partial charge in [0.2, 0.25) is 0 Å². The van der Waals surface area contributed by atoms with E-state index in [1.165, 1.54) is 109 Å². The van der Waals surface area contributed by atoms with Crippen molar-refractivity contribution in [3.8, 4) is 0 Å². The lowest BCUT2D eigenvalue weighted by Crippen LogP contribution is -2.13. The average molecular weight is 412 g/mol. The minimum absolute atomic E-state index is 0.936. The Labute approximate surface area is 188 Å². The Morgan fingerprint density at radius 1 is 0.621 bits per heavy atom. The van der Waals surface area contributed by atoms with Crippen LogP contribution in [0.25, 0.3) is 0 Å². The van der Waals surface area contributed by atoms with Crippen molar-refractivity contribution in [1.29, 1.82) is 0 Å². The van der Waals surface area contributed by atoms with E-state index >= 15 is 0 Å². The molecule has 29 heavy (non-hydrogen) atoms. The molecular formula is C28H61N. The van der Waals surface area contributed by atoms with Crippen LogP contribution in [0.15, 0.2) is 12.7 Å². The zero-order chi connectivity index (χ0) is 22.6. The van der Waals surface area contributed by atoms with Crippen molar-refractivity contribution in [2.24, 2.45) is 5.92 Å². The van der Waals surface area contributed by atoms with Crippen LogP contribution in [0.2, 0.25) is 0 Å². The fourth-order valence-electron chi connectivity index (χ4n) is 3.20. The smallest absolute Gasteiger partial charge is 0.00247 e. The topological polar surface area (TPSA) is 3.24 Å². The molecule has 0 saturated heterocycles. The van der Waals surface area contributed by atoms with E-state index in [0.717, 1.165) is 12.3 Å². The lowest BCUT2D eigenvalue weighted by molar-refractivity contribution is 0.361. The molecule has 0 aromatic heterocycles. The predicted molar refractivity (Wildman–Crippen MR) is 139 cm³/mol. The number of hydrogen-bond acceptors (Lipinski definition) is 1. The largest absolute Gasteiger partial charge is 0.309 e. The molecule has 0 aromatic carbocycles. The Hall–Kier alpha value is -0.300. The average Bonchev–Trinajstić information content (AvgIpc) is 2.71. The molecule has 1 unspecified atom stereocenters. The van der Waals surface area contributed by atoms with E-state index in [1.807, 2.05) is 6.08 Å². The second-order valence-corrected chi connectivity index (χ2v) is 9.07. The molecule has 0 aromatic rings. The second-order valence-electron chi connectivity index (χ2n) is 9.07. The molecule has 0 N–H and O–H groups in total. The van der Waals surface area contributed by atoms with E-state index in [9.17, 15) is 0 Å². The molecule has 0 amide bonds. The van der Waals surface area contributed by atoms with E-state index in [2.05, 4.69) is 60.2 Å². The molecule has 0 saturated carbocycles. The zero-order valence-electron chi connectivity index (χ0n) is 22.0. The van der Waals surface area contributed by atoms with E-state index in [1.54, 1.807) is 0 Å². The van der Waals surface area contributed by atoms with E-state index in [4.69, 9.17) is 0 Å². The molecule has 0 rings (SSSR count). The first-order valence-corrected chi connectivity index (χ1v) is 13.2. The van der Waals surface area contributed by atoms with E-state index in [-0.39, 0.29) is 0 Å². The summed E-state index contributed by atoms with van der Waals surface area (Å²) in [5.41, 5.74) is 0. The van der Waals surface area contributed by atoms with Crippen LogP contribution in [0, 0.1) is 5.92 Å². The molecule has 1 nitrogen and oxygen atoms in total. The molecular weight excluding hydrogens is 350 g/mol. The Kier molecular flexibility index (Phi) is 37.2. The molecule has 1 heteroatoms. The summed E-state index contributed by atoms with van der Waals surface area (Å²) in [6, 6.07) is 0. The van der Waals surface area contributed by atoms with Gasteiger partial charge in [0.05, 0.1) is 0 Å². The molecule has 0 spiro atoms. The highest BCUT2D eigenvalue weighted by Crippen LogP contribution is 2.16. The van der Waals surface area contributed by atoms with Crippen molar-refractivity contribution >= 4 is 0 Å². The first-order valence-electron chi connectivity index (χ1n) is 13.2. The number of nitrogens with zero attached hydrogens (tertiary/aromatic N) is 1. The summed E-state index contributed by atoms with van der Waals surface area (Å²) in [6.45, 7) is 16.0. The summed E-state index contributed by atoms with van der Waals surface area (Å²) < 4.78 is 0. The third-order valence-corrected chi connectivity index (χ3v) is 5.35. The summed E-state index contributed by atoms with van der Waals surface area (Å²) in [5, 5.41) is 0. The Bertz CT molecular complexity index is 253. The van der Waals surface area contributed by atoms with Gasteiger partial charge in [-0.1, -0.05) is 131 Å². The van der Waals surface area contributed by atoms with Crippen molar-refractivity contribution in [3.05, 3.63) is 12.7 Å². The van der Waals surface area contributed by atoms with Gasteiger partial charge in [-0.3, -0.25) is 0 Å². The Morgan fingerprint density at radius 3 is 1.31 bits per heavy atom. The van der Waals surface area contributed by atoms with Crippen LogP contribution in [-0.2, 0) is 0 Å². The van der Waals surface area contributed by atoms with Crippen LogP contribution >= 0.6 is 0 Å². The van der Waals surface area contributed by atoms with Gasteiger partial charge in [0.25, 0.3) is 0 Å². The lowest BCUT2D eigenvalue weighted by atomic mass is 9.97. The molecule has 0 aliphatic rings. The van der Waals surface area contributed by atoms with Crippen LogP contribution in [0.4, 0.5) is 0 Å².